The van der Waals surface area contributed by atoms with Crippen LogP contribution >= 0.6 is 0 Å². The molecule has 2 aromatic heterocycles. The molecular formula is C23H15N3O5. The van der Waals surface area contributed by atoms with Gasteiger partial charge in [-0.2, -0.15) is 0 Å². The summed E-state index contributed by atoms with van der Waals surface area (Å²) in [6, 6.07) is 17.0. The fourth-order valence-electron chi connectivity index (χ4n) is 3.91. The summed E-state index contributed by atoms with van der Waals surface area (Å²) in [5.41, 5.74) is 1.36. The average Bonchev–Trinajstić information content (AvgIpc) is 3.06. The van der Waals surface area contributed by atoms with Gasteiger partial charge in [-0.15, -0.1) is 0 Å². The van der Waals surface area contributed by atoms with Gasteiger partial charge in [0.2, 0.25) is 5.76 Å². The number of rotatable bonds is 3. The number of carbonyl (C=O) groups excluding carboxylic acids is 1. The van der Waals surface area contributed by atoms with Crippen molar-refractivity contribution in [2.75, 3.05) is 4.90 Å². The Hall–Kier alpha value is -4.33. The lowest BCUT2D eigenvalue weighted by molar-refractivity contribution is -0.384. The third kappa shape index (κ3) is 2.88. The first-order chi connectivity index (χ1) is 15.0. The topological polar surface area (TPSA) is 107 Å². The van der Waals surface area contributed by atoms with E-state index < -0.39 is 16.9 Å². The van der Waals surface area contributed by atoms with Gasteiger partial charge in [-0.3, -0.25) is 24.6 Å². The Balaban J connectivity index is 1.79. The molecule has 0 aliphatic carbocycles. The molecule has 0 saturated heterocycles. The number of hydrogen-bond acceptors (Lipinski definition) is 6. The summed E-state index contributed by atoms with van der Waals surface area (Å²) in [6.07, 6.45) is 0. The zero-order chi connectivity index (χ0) is 21.7. The minimum Gasteiger partial charge on any atom is -0.450 e. The number of anilines is 1. The normalized spacial score (nSPS) is 15.3. The Kier molecular flexibility index (Phi) is 4.14. The van der Waals surface area contributed by atoms with Gasteiger partial charge >= 0.3 is 0 Å². The molecular weight excluding hydrogens is 398 g/mol. The minimum absolute atomic E-state index is 0.0460. The van der Waals surface area contributed by atoms with E-state index in [2.05, 4.69) is 4.98 Å². The number of hydrogen-bond donors (Lipinski definition) is 0. The summed E-state index contributed by atoms with van der Waals surface area (Å²) < 4.78 is 5.87. The van der Waals surface area contributed by atoms with E-state index in [1.54, 1.807) is 61.5 Å². The Bertz CT molecular complexity index is 1430. The van der Waals surface area contributed by atoms with Crippen LogP contribution in [0.4, 0.5) is 11.5 Å². The highest BCUT2D eigenvalue weighted by atomic mass is 16.6. The van der Waals surface area contributed by atoms with Gasteiger partial charge in [-0.1, -0.05) is 18.2 Å². The van der Waals surface area contributed by atoms with E-state index in [9.17, 15) is 19.7 Å². The first-order valence-electron chi connectivity index (χ1n) is 9.53. The number of para-hydroxylation sites is 1. The molecule has 1 atom stereocenters. The highest BCUT2D eigenvalue weighted by Crippen LogP contribution is 2.40. The van der Waals surface area contributed by atoms with Crippen molar-refractivity contribution in [1.29, 1.82) is 0 Å². The number of non-ortho nitro benzene ring substituents is 1. The third-order valence-electron chi connectivity index (χ3n) is 5.32. The van der Waals surface area contributed by atoms with E-state index in [1.807, 2.05) is 0 Å². The SMILES string of the molecule is Cc1cccc(N2C(=O)c3oc4ccccc4c(=O)c3[C@H]2c2ccc([N+](=O)[O-])cc2)n1. The fraction of sp³-hybridized carbons (Fsp3) is 0.0870. The number of nitro benzene ring substituents is 1. The largest absolute Gasteiger partial charge is 0.450 e. The second-order valence-corrected chi connectivity index (χ2v) is 7.23. The molecule has 1 amide bonds. The van der Waals surface area contributed by atoms with E-state index in [1.165, 1.54) is 17.0 Å². The van der Waals surface area contributed by atoms with E-state index in [0.717, 1.165) is 0 Å². The van der Waals surface area contributed by atoms with Crippen LogP contribution in [-0.4, -0.2) is 15.8 Å². The number of amides is 1. The van der Waals surface area contributed by atoms with Crippen molar-refractivity contribution in [3.05, 3.63) is 110 Å². The minimum atomic E-state index is -0.821. The lowest BCUT2D eigenvalue weighted by atomic mass is 9.98. The van der Waals surface area contributed by atoms with E-state index in [-0.39, 0.29) is 22.4 Å². The van der Waals surface area contributed by atoms with Gasteiger partial charge < -0.3 is 4.42 Å². The molecule has 0 unspecified atom stereocenters. The number of nitrogens with zero attached hydrogens (tertiary/aromatic N) is 3. The molecule has 0 fully saturated rings. The molecule has 2 aromatic carbocycles. The van der Waals surface area contributed by atoms with Crippen molar-refractivity contribution >= 4 is 28.4 Å². The molecule has 31 heavy (non-hydrogen) atoms. The predicted molar refractivity (Wildman–Crippen MR) is 113 cm³/mol. The molecule has 8 heteroatoms. The van der Waals surface area contributed by atoms with Crippen LogP contribution in [0.25, 0.3) is 11.0 Å². The standard InChI is InChI=1S/C23H15N3O5/c1-13-5-4-8-18(24-13)25-20(14-9-11-15(12-10-14)26(29)30)19-21(27)16-6-2-3-7-17(16)31-22(19)23(25)28/h2-12,20H,1H3/t20-/m1/s1. The smallest absolute Gasteiger partial charge is 0.296 e. The van der Waals surface area contributed by atoms with Crippen LogP contribution in [0.1, 0.15) is 33.4 Å². The summed E-state index contributed by atoms with van der Waals surface area (Å²) >= 11 is 0. The van der Waals surface area contributed by atoms with Crippen molar-refractivity contribution in [1.82, 2.24) is 4.98 Å². The second-order valence-electron chi connectivity index (χ2n) is 7.23. The van der Waals surface area contributed by atoms with Crippen LogP contribution in [0.2, 0.25) is 0 Å². The lowest BCUT2D eigenvalue weighted by Gasteiger charge is -2.24. The van der Waals surface area contributed by atoms with Crippen molar-refractivity contribution in [2.45, 2.75) is 13.0 Å². The number of fused-ring (bicyclic) bond motifs is 2. The maximum absolute atomic E-state index is 13.4. The third-order valence-corrected chi connectivity index (χ3v) is 5.32. The van der Waals surface area contributed by atoms with Gasteiger partial charge in [0.1, 0.15) is 11.4 Å². The fourth-order valence-corrected chi connectivity index (χ4v) is 3.91. The van der Waals surface area contributed by atoms with Crippen molar-refractivity contribution < 1.29 is 14.1 Å². The molecule has 152 valence electrons. The molecule has 1 aliphatic rings. The predicted octanol–water partition coefficient (Wildman–Crippen LogP) is 4.15. The highest BCUT2D eigenvalue weighted by Gasteiger charge is 2.44. The van der Waals surface area contributed by atoms with Gasteiger partial charge in [0.05, 0.1) is 21.9 Å². The number of benzene rings is 2. The summed E-state index contributed by atoms with van der Waals surface area (Å²) in [6.45, 7) is 1.80. The van der Waals surface area contributed by atoms with Crippen molar-refractivity contribution in [2.24, 2.45) is 0 Å². The van der Waals surface area contributed by atoms with Crippen LogP contribution in [-0.2, 0) is 0 Å². The van der Waals surface area contributed by atoms with Gasteiger partial charge in [0, 0.05) is 17.8 Å². The molecule has 5 rings (SSSR count). The van der Waals surface area contributed by atoms with Crippen LogP contribution < -0.4 is 10.3 Å². The summed E-state index contributed by atoms with van der Waals surface area (Å²) in [5, 5.41) is 11.4. The van der Waals surface area contributed by atoms with Crippen LogP contribution in [0.3, 0.4) is 0 Å². The van der Waals surface area contributed by atoms with E-state index >= 15 is 0 Å². The molecule has 0 bridgehead atoms. The zero-order valence-corrected chi connectivity index (χ0v) is 16.3. The number of nitro groups is 1. The molecule has 8 nitrogen and oxygen atoms in total. The maximum atomic E-state index is 13.4. The van der Waals surface area contributed by atoms with Crippen LogP contribution in [0.5, 0.6) is 0 Å². The van der Waals surface area contributed by atoms with Crippen molar-refractivity contribution in [3.63, 3.8) is 0 Å². The van der Waals surface area contributed by atoms with E-state index in [0.29, 0.717) is 28.0 Å². The van der Waals surface area contributed by atoms with Gasteiger partial charge in [0.25, 0.3) is 11.6 Å². The summed E-state index contributed by atoms with van der Waals surface area (Å²) in [5.74, 6) is -0.169. The Labute approximate surface area is 175 Å². The number of pyridine rings is 1. The maximum Gasteiger partial charge on any atom is 0.296 e. The molecule has 0 N–H and O–H groups in total. The van der Waals surface area contributed by atoms with Gasteiger partial charge in [-0.25, -0.2) is 4.98 Å². The van der Waals surface area contributed by atoms with Crippen LogP contribution in [0, 0.1) is 17.0 Å². The molecule has 0 spiro atoms. The second kappa shape index (κ2) is 6.88. The van der Waals surface area contributed by atoms with Crippen molar-refractivity contribution in [3.8, 4) is 0 Å². The van der Waals surface area contributed by atoms with Gasteiger partial charge in [0.15, 0.2) is 5.43 Å². The first-order valence-corrected chi connectivity index (χ1v) is 9.53. The van der Waals surface area contributed by atoms with Crippen LogP contribution in [0.15, 0.2) is 75.9 Å². The zero-order valence-electron chi connectivity index (χ0n) is 16.3. The quantitative estimate of drug-likeness (QED) is 0.369. The lowest BCUT2D eigenvalue weighted by Crippen LogP contribution is -2.30. The monoisotopic (exact) mass is 413 g/mol. The number of aromatic nitrogens is 1. The highest BCUT2D eigenvalue weighted by molar-refractivity contribution is 6.10. The Morgan fingerprint density at radius 3 is 2.45 bits per heavy atom. The molecule has 3 heterocycles. The average molecular weight is 413 g/mol. The Morgan fingerprint density at radius 1 is 1.00 bits per heavy atom. The molecule has 1 aliphatic heterocycles. The number of aryl methyl sites for hydroxylation is 1. The first kappa shape index (κ1) is 18.7. The Morgan fingerprint density at radius 2 is 1.74 bits per heavy atom. The summed E-state index contributed by atoms with van der Waals surface area (Å²) in [7, 11) is 0. The molecule has 4 aromatic rings. The summed E-state index contributed by atoms with van der Waals surface area (Å²) in [4.78, 5) is 43.3. The van der Waals surface area contributed by atoms with Gasteiger partial charge in [-0.05, 0) is 48.9 Å². The molecule has 0 saturated carbocycles. The molecule has 0 radical (unpaired) electrons. The number of carbonyl (C=O) groups is 1. The van der Waals surface area contributed by atoms with E-state index in [4.69, 9.17) is 4.42 Å².